The Kier molecular flexibility index (Phi) is 13.2. The van der Waals surface area contributed by atoms with E-state index < -0.39 is 30.4 Å². The van der Waals surface area contributed by atoms with Gasteiger partial charge >= 0.3 is 12.2 Å². The van der Waals surface area contributed by atoms with Gasteiger partial charge in [0.1, 0.15) is 23.7 Å². The third-order valence-corrected chi connectivity index (χ3v) is 11.8. The first kappa shape index (κ1) is 42.6. The highest BCUT2D eigenvalue weighted by Gasteiger charge is 2.39. The van der Waals surface area contributed by atoms with Crippen LogP contribution < -0.4 is 10.6 Å². The third kappa shape index (κ3) is 9.16. The molecule has 2 aliphatic heterocycles. The number of methoxy groups -OCH3 is 3. The van der Waals surface area contributed by atoms with E-state index in [4.69, 9.17) is 24.2 Å². The molecule has 2 fully saturated rings. The van der Waals surface area contributed by atoms with Gasteiger partial charge < -0.3 is 44.6 Å². The van der Waals surface area contributed by atoms with E-state index in [1.165, 1.54) is 21.3 Å². The Morgan fingerprint density at radius 1 is 0.639 bits per heavy atom. The van der Waals surface area contributed by atoms with Gasteiger partial charge in [-0.15, -0.1) is 0 Å². The zero-order valence-electron chi connectivity index (χ0n) is 35.4. The van der Waals surface area contributed by atoms with Gasteiger partial charge in [-0.25, -0.2) is 19.6 Å². The number of nitrogens with zero attached hydrogens (tertiary/aromatic N) is 4. The summed E-state index contributed by atoms with van der Waals surface area (Å²) in [5.41, 5.74) is 7.75. The molecule has 0 bridgehead atoms. The lowest BCUT2D eigenvalue weighted by molar-refractivity contribution is -0.137. The Hall–Kier alpha value is -6.48. The van der Waals surface area contributed by atoms with Gasteiger partial charge in [0.15, 0.2) is 0 Å². The average molecular weight is 831 g/mol. The van der Waals surface area contributed by atoms with Crippen LogP contribution in [0.5, 0.6) is 0 Å². The molecule has 320 valence electrons. The van der Waals surface area contributed by atoms with E-state index >= 15 is 0 Å². The average Bonchev–Trinajstić information content (AvgIpc) is 4.14. The summed E-state index contributed by atoms with van der Waals surface area (Å²) < 4.78 is 15.0. The molecule has 61 heavy (non-hydrogen) atoms. The van der Waals surface area contributed by atoms with Crippen LogP contribution in [-0.2, 0) is 23.8 Å². The second-order valence-corrected chi connectivity index (χ2v) is 15.9. The first-order valence-electron chi connectivity index (χ1n) is 20.7. The Balaban J connectivity index is 1.11. The van der Waals surface area contributed by atoms with E-state index in [0.717, 1.165) is 70.5 Å². The number of aromatic amines is 2. The summed E-state index contributed by atoms with van der Waals surface area (Å²) in [5.74, 6) is 0.854. The fourth-order valence-corrected chi connectivity index (χ4v) is 8.34. The topological polar surface area (TPSA) is 184 Å². The number of ether oxygens (including phenoxy) is 3. The second-order valence-electron chi connectivity index (χ2n) is 15.9. The minimum absolute atomic E-state index is 0.125. The first-order valence-corrected chi connectivity index (χ1v) is 20.7. The zero-order valence-corrected chi connectivity index (χ0v) is 35.4. The van der Waals surface area contributed by atoms with Crippen LogP contribution in [0.3, 0.4) is 0 Å². The molecule has 3 aromatic carbocycles. The first-order chi connectivity index (χ1) is 29.5. The van der Waals surface area contributed by atoms with Crippen molar-refractivity contribution in [3.8, 4) is 44.8 Å². The van der Waals surface area contributed by atoms with Crippen LogP contribution in [0.15, 0.2) is 85.2 Å². The van der Waals surface area contributed by atoms with Crippen molar-refractivity contribution in [2.24, 2.45) is 5.92 Å². The second kappa shape index (κ2) is 18.8. The fourth-order valence-electron chi connectivity index (χ4n) is 8.34. The number of amides is 4. The summed E-state index contributed by atoms with van der Waals surface area (Å²) in [4.78, 5) is 71.6. The molecule has 4 N–H and O–H groups in total. The summed E-state index contributed by atoms with van der Waals surface area (Å²) in [6, 6.07) is 22.8. The van der Waals surface area contributed by atoms with Crippen molar-refractivity contribution in [1.82, 2.24) is 40.4 Å². The molecule has 4 amide bonds. The highest BCUT2D eigenvalue weighted by atomic mass is 16.5. The molecule has 2 aromatic heterocycles. The Morgan fingerprint density at radius 2 is 1.13 bits per heavy atom. The molecular weight excluding hydrogens is 777 g/mol. The van der Waals surface area contributed by atoms with Crippen LogP contribution in [-0.4, -0.2) is 106 Å². The van der Waals surface area contributed by atoms with Crippen molar-refractivity contribution in [3.05, 3.63) is 96.8 Å². The quantitative estimate of drug-likeness (QED) is 0.0948. The number of carbonyl (C=O) groups excluding carboxylic acids is 4. The predicted octanol–water partition coefficient (Wildman–Crippen LogP) is 7.27. The molecule has 7 rings (SSSR count). The van der Waals surface area contributed by atoms with Crippen molar-refractivity contribution in [3.63, 3.8) is 0 Å². The molecule has 0 radical (unpaired) electrons. The maximum atomic E-state index is 13.7. The minimum atomic E-state index is -0.908. The molecular formula is C46H54N8O7. The smallest absolute Gasteiger partial charge is 0.407 e. The van der Waals surface area contributed by atoms with E-state index in [0.29, 0.717) is 24.7 Å². The number of aromatic nitrogens is 4. The Bertz CT molecular complexity index is 2330. The van der Waals surface area contributed by atoms with E-state index in [-0.39, 0.29) is 29.8 Å². The van der Waals surface area contributed by atoms with Crippen molar-refractivity contribution < 1.29 is 33.4 Å². The van der Waals surface area contributed by atoms with Crippen LogP contribution in [0.2, 0.25) is 0 Å². The zero-order chi connectivity index (χ0) is 43.2. The van der Waals surface area contributed by atoms with Crippen molar-refractivity contribution in [2.75, 3.05) is 34.4 Å². The van der Waals surface area contributed by atoms with Gasteiger partial charge in [-0.2, -0.15) is 0 Å². The van der Waals surface area contributed by atoms with Gasteiger partial charge in [0.25, 0.3) is 0 Å². The molecule has 5 aromatic rings. The maximum absolute atomic E-state index is 13.7. The highest BCUT2D eigenvalue weighted by Crippen LogP contribution is 2.38. The van der Waals surface area contributed by atoms with Gasteiger partial charge in [-0.1, -0.05) is 80.6 Å². The van der Waals surface area contributed by atoms with E-state index in [9.17, 15) is 19.2 Å². The number of nitrogens with one attached hydrogen (secondary N) is 4. The van der Waals surface area contributed by atoms with Crippen molar-refractivity contribution >= 4 is 24.0 Å². The van der Waals surface area contributed by atoms with Gasteiger partial charge in [-0.05, 0) is 72.4 Å². The van der Waals surface area contributed by atoms with Crippen LogP contribution >= 0.6 is 0 Å². The third-order valence-electron chi connectivity index (χ3n) is 11.8. The van der Waals surface area contributed by atoms with Gasteiger partial charge in [0, 0.05) is 25.8 Å². The van der Waals surface area contributed by atoms with Crippen molar-refractivity contribution in [2.45, 2.75) is 76.7 Å². The standard InChI is InChI=1S/C46H54N8O7/c1-27(2)39(51-45(57)60-5)43(55)53-22-10-14-37(53)42-48-26-36(50-42)32-20-21-33(34(24-32)29-12-8-7-9-13-29)30-16-18-31(19-17-30)35-25-47-41(49-35)38-15-11-23-54(38)44(56)40(28(3)59-4)52-46(58)61-6/h7-9,12-13,16-21,24-28,37-40H,10-11,14-15,22-23H2,1-6H3,(H,47,49)(H,48,50)(H,51,57)(H,52,58)/t28-,37+,38+,39+,40+/m1/s1. The molecule has 2 aliphatic rings. The van der Waals surface area contributed by atoms with E-state index in [2.05, 4.69) is 75.2 Å². The van der Waals surface area contributed by atoms with Crippen LogP contribution in [0.25, 0.3) is 44.8 Å². The van der Waals surface area contributed by atoms with Crippen molar-refractivity contribution in [1.29, 1.82) is 0 Å². The monoisotopic (exact) mass is 830 g/mol. The SMILES string of the molecule is COC(=O)N[C@H](C(=O)N1CCC[C@H]1c1ncc(-c2ccc(-c3ccc(-c4cnc([C@@H]5CCCN5C(=O)[C@@H](NC(=O)OC)[C@@H](C)OC)[nH]4)cc3)c(-c3ccccc3)c2)[nH]1)C(C)C. The molecule has 15 nitrogen and oxygen atoms in total. The molecule has 4 heterocycles. The summed E-state index contributed by atoms with van der Waals surface area (Å²) in [7, 11) is 4.05. The van der Waals surface area contributed by atoms with Gasteiger partial charge in [-0.3, -0.25) is 9.59 Å². The number of imidazole rings is 2. The molecule has 15 heteroatoms. The minimum Gasteiger partial charge on any atom is -0.453 e. The lowest BCUT2D eigenvalue weighted by Gasteiger charge is -2.30. The summed E-state index contributed by atoms with van der Waals surface area (Å²) in [6.07, 6.45) is 4.83. The molecule has 0 unspecified atom stereocenters. The largest absolute Gasteiger partial charge is 0.453 e. The van der Waals surface area contributed by atoms with Gasteiger partial charge in [0.05, 0.1) is 56.2 Å². The molecule has 5 atom stereocenters. The van der Waals surface area contributed by atoms with Crippen LogP contribution in [0.4, 0.5) is 9.59 Å². The molecule has 0 aliphatic carbocycles. The Labute approximate surface area is 355 Å². The maximum Gasteiger partial charge on any atom is 0.407 e. The Morgan fingerprint density at radius 3 is 1.67 bits per heavy atom. The normalized spacial score (nSPS) is 17.8. The number of alkyl carbamates (subject to hydrolysis) is 2. The number of hydrogen-bond acceptors (Lipinski definition) is 9. The van der Waals surface area contributed by atoms with Crippen LogP contribution in [0, 0.1) is 5.92 Å². The summed E-state index contributed by atoms with van der Waals surface area (Å²) in [6.45, 7) is 6.64. The molecule has 0 saturated carbocycles. The highest BCUT2D eigenvalue weighted by molar-refractivity contribution is 5.89. The molecule has 0 spiro atoms. The molecule has 2 saturated heterocycles. The lowest BCUT2D eigenvalue weighted by atomic mass is 9.91. The number of benzene rings is 3. The van der Waals surface area contributed by atoms with Gasteiger partial charge in [0.2, 0.25) is 11.8 Å². The van der Waals surface area contributed by atoms with E-state index in [1.807, 2.05) is 43.1 Å². The van der Waals surface area contributed by atoms with Crippen LogP contribution in [0.1, 0.15) is 70.2 Å². The number of likely N-dealkylation sites (tertiary alicyclic amines) is 2. The number of H-pyrrole nitrogens is 2. The summed E-state index contributed by atoms with van der Waals surface area (Å²) >= 11 is 0. The number of hydrogen-bond donors (Lipinski definition) is 4. The fraction of sp³-hybridized carbons (Fsp3) is 0.391. The summed E-state index contributed by atoms with van der Waals surface area (Å²) in [5, 5.41) is 5.34. The lowest BCUT2D eigenvalue weighted by Crippen LogP contribution is -2.54. The number of carbonyl (C=O) groups is 4. The predicted molar refractivity (Wildman–Crippen MR) is 230 cm³/mol. The number of rotatable bonds is 13. The van der Waals surface area contributed by atoms with E-state index in [1.54, 1.807) is 18.0 Å².